The standard InChI is InChI=1S/C14H17N3OS/c1-10-3-5-11(6-4-10)14-17-12(9-19-14)7-16-8-13(18)15-2/h3-6,9,16H,7-8H2,1-2H3,(H,15,18). The summed E-state index contributed by atoms with van der Waals surface area (Å²) in [7, 11) is 1.63. The number of hydrogen-bond donors (Lipinski definition) is 2. The van der Waals surface area contributed by atoms with Crippen molar-refractivity contribution in [2.45, 2.75) is 13.5 Å². The van der Waals surface area contributed by atoms with Crippen LogP contribution in [0.1, 0.15) is 11.3 Å². The van der Waals surface area contributed by atoms with Crippen molar-refractivity contribution in [3.63, 3.8) is 0 Å². The summed E-state index contributed by atoms with van der Waals surface area (Å²) in [5.41, 5.74) is 3.34. The fourth-order valence-corrected chi connectivity index (χ4v) is 2.44. The third-order valence-electron chi connectivity index (χ3n) is 2.72. The van der Waals surface area contributed by atoms with Crippen molar-refractivity contribution in [3.05, 3.63) is 40.9 Å². The zero-order chi connectivity index (χ0) is 13.7. The second kappa shape index (κ2) is 6.45. The number of carbonyl (C=O) groups excluding carboxylic acids is 1. The normalized spacial score (nSPS) is 10.4. The Morgan fingerprint density at radius 2 is 2.05 bits per heavy atom. The second-order valence-corrected chi connectivity index (χ2v) is 5.14. The van der Waals surface area contributed by atoms with E-state index in [0.717, 1.165) is 16.3 Å². The van der Waals surface area contributed by atoms with Crippen molar-refractivity contribution in [2.24, 2.45) is 0 Å². The summed E-state index contributed by atoms with van der Waals surface area (Å²) in [5, 5.41) is 8.66. The number of aryl methyl sites for hydroxylation is 1. The van der Waals surface area contributed by atoms with Gasteiger partial charge in [-0.1, -0.05) is 29.8 Å². The molecule has 1 heterocycles. The molecule has 0 unspecified atom stereocenters. The van der Waals surface area contributed by atoms with Crippen LogP contribution in [0, 0.1) is 6.92 Å². The van der Waals surface area contributed by atoms with E-state index >= 15 is 0 Å². The maximum atomic E-state index is 11.1. The van der Waals surface area contributed by atoms with E-state index in [1.807, 2.05) is 5.38 Å². The number of benzene rings is 1. The minimum Gasteiger partial charge on any atom is -0.358 e. The lowest BCUT2D eigenvalue weighted by Crippen LogP contribution is -2.31. The Morgan fingerprint density at radius 1 is 1.32 bits per heavy atom. The molecule has 0 atom stereocenters. The van der Waals surface area contributed by atoms with Gasteiger partial charge in [0.05, 0.1) is 12.2 Å². The number of rotatable bonds is 5. The van der Waals surface area contributed by atoms with Gasteiger partial charge in [-0.25, -0.2) is 4.98 Å². The van der Waals surface area contributed by atoms with Gasteiger partial charge in [0.2, 0.25) is 5.91 Å². The van der Waals surface area contributed by atoms with Gasteiger partial charge in [0.15, 0.2) is 0 Å². The Hall–Kier alpha value is -1.72. The van der Waals surface area contributed by atoms with Gasteiger partial charge >= 0.3 is 0 Å². The van der Waals surface area contributed by atoms with Crippen LogP contribution in [0.5, 0.6) is 0 Å². The topological polar surface area (TPSA) is 54.0 Å². The predicted octanol–water partition coefficient (Wildman–Crippen LogP) is 1.95. The molecule has 19 heavy (non-hydrogen) atoms. The molecule has 0 aliphatic rings. The first-order chi connectivity index (χ1) is 9.19. The molecular formula is C14H17N3OS. The fourth-order valence-electron chi connectivity index (χ4n) is 1.61. The van der Waals surface area contributed by atoms with Gasteiger partial charge < -0.3 is 10.6 Å². The smallest absolute Gasteiger partial charge is 0.233 e. The van der Waals surface area contributed by atoms with Gasteiger partial charge in [-0.3, -0.25) is 4.79 Å². The van der Waals surface area contributed by atoms with Gasteiger partial charge in [-0.15, -0.1) is 11.3 Å². The van der Waals surface area contributed by atoms with E-state index in [2.05, 4.69) is 46.8 Å². The van der Waals surface area contributed by atoms with Gasteiger partial charge in [0.1, 0.15) is 5.01 Å². The molecule has 0 spiro atoms. The predicted molar refractivity (Wildman–Crippen MR) is 78.1 cm³/mol. The molecule has 0 aliphatic heterocycles. The van der Waals surface area contributed by atoms with Crippen LogP contribution < -0.4 is 10.6 Å². The first-order valence-electron chi connectivity index (χ1n) is 6.12. The summed E-state index contributed by atoms with van der Waals surface area (Å²) in [6.45, 7) is 2.99. The summed E-state index contributed by atoms with van der Waals surface area (Å²) in [5.74, 6) is -0.0195. The molecule has 2 N–H and O–H groups in total. The maximum absolute atomic E-state index is 11.1. The lowest BCUT2D eigenvalue weighted by molar-refractivity contribution is -0.119. The Morgan fingerprint density at radius 3 is 2.74 bits per heavy atom. The van der Waals surface area contributed by atoms with Crippen LogP contribution in [0.15, 0.2) is 29.6 Å². The number of carbonyl (C=O) groups is 1. The first kappa shape index (κ1) is 13.7. The molecule has 0 aliphatic carbocycles. The zero-order valence-corrected chi connectivity index (χ0v) is 11.9. The lowest BCUT2D eigenvalue weighted by Gasteiger charge is -2.01. The molecule has 4 nitrogen and oxygen atoms in total. The van der Waals surface area contributed by atoms with Crippen molar-refractivity contribution in [2.75, 3.05) is 13.6 Å². The number of nitrogens with one attached hydrogen (secondary N) is 2. The third-order valence-corrected chi connectivity index (χ3v) is 3.66. The highest BCUT2D eigenvalue weighted by Crippen LogP contribution is 2.23. The van der Waals surface area contributed by atoms with E-state index in [9.17, 15) is 4.79 Å². The molecule has 0 fully saturated rings. The molecule has 0 saturated carbocycles. The number of thiazole rings is 1. The number of aromatic nitrogens is 1. The maximum Gasteiger partial charge on any atom is 0.233 e. The van der Waals surface area contributed by atoms with Crippen LogP contribution in [0.4, 0.5) is 0 Å². The molecular weight excluding hydrogens is 258 g/mol. The van der Waals surface area contributed by atoms with Crippen LogP contribution in [0.25, 0.3) is 10.6 Å². The molecule has 2 aromatic rings. The van der Waals surface area contributed by atoms with E-state index in [-0.39, 0.29) is 5.91 Å². The monoisotopic (exact) mass is 275 g/mol. The largest absolute Gasteiger partial charge is 0.358 e. The van der Waals surface area contributed by atoms with Crippen molar-refractivity contribution >= 4 is 17.2 Å². The Kier molecular flexibility index (Phi) is 4.65. The number of amides is 1. The van der Waals surface area contributed by atoms with Crippen LogP contribution in [0.2, 0.25) is 0 Å². The number of nitrogens with zero attached hydrogens (tertiary/aromatic N) is 1. The first-order valence-corrected chi connectivity index (χ1v) is 7.00. The molecule has 0 bridgehead atoms. The van der Waals surface area contributed by atoms with Gasteiger partial charge in [0.25, 0.3) is 0 Å². The van der Waals surface area contributed by atoms with E-state index in [4.69, 9.17) is 0 Å². The van der Waals surface area contributed by atoms with E-state index < -0.39 is 0 Å². The summed E-state index contributed by atoms with van der Waals surface area (Å²) in [6.07, 6.45) is 0. The summed E-state index contributed by atoms with van der Waals surface area (Å²) >= 11 is 1.62. The van der Waals surface area contributed by atoms with Crippen LogP contribution in [-0.4, -0.2) is 24.5 Å². The van der Waals surface area contributed by atoms with Gasteiger partial charge in [-0.2, -0.15) is 0 Å². The molecule has 2 rings (SSSR count). The van der Waals surface area contributed by atoms with Crippen LogP contribution in [0.3, 0.4) is 0 Å². The van der Waals surface area contributed by atoms with Crippen molar-refractivity contribution < 1.29 is 4.79 Å². The summed E-state index contributed by atoms with van der Waals surface area (Å²) in [6, 6.07) is 8.33. The van der Waals surface area contributed by atoms with E-state index in [0.29, 0.717) is 13.1 Å². The molecule has 1 aromatic heterocycles. The molecule has 0 radical (unpaired) electrons. The minimum absolute atomic E-state index is 0.0195. The highest BCUT2D eigenvalue weighted by Gasteiger charge is 2.05. The van der Waals surface area contributed by atoms with E-state index in [1.54, 1.807) is 18.4 Å². The SMILES string of the molecule is CNC(=O)CNCc1csc(-c2ccc(C)cc2)n1. The lowest BCUT2D eigenvalue weighted by atomic mass is 10.2. The fraction of sp³-hybridized carbons (Fsp3) is 0.286. The average Bonchev–Trinajstić information content (AvgIpc) is 2.88. The van der Waals surface area contributed by atoms with Crippen molar-refractivity contribution in [3.8, 4) is 10.6 Å². The van der Waals surface area contributed by atoms with Crippen LogP contribution in [-0.2, 0) is 11.3 Å². The quantitative estimate of drug-likeness (QED) is 0.877. The van der Waals surface area contributed by atoms with Crippen molar-refractivity contribution in [1.82, 2.24) is 15.6 Å². The number of likely N-dealkylation sites (N-methyl/N-ethyl adjacent to an activating group) is 1. The third kappa shape index (κ3) is 3.87. The molecule has 0 saturated heterocycles. The molecule has 100 valence electrons. The van der Waals surface area contributed by atoms with Gasteiger partial charge in [0, 0.05) is 24.5 Å². The Labute approximate surface area is 116 Å². The zero-order valence-electron chi connectivity index (χ0n) is 11.1. The average molecular weight is 275 g/mol. The second-order valence-electron chi connectivity index (χ2n) is 4.29. The summed E-state index contributed by atoms with van der Waals surface area (Å²) < 4.78 is 0. The minimum atomic E-state index is -0.0195. The highest BCUT2D eigenvalue weighted by molar-refractivity contribution is 7.13. The highest BCUT2D eigenvalue weighted by atomic mass is 32.1. The van der Waals surface area contributed by atoms with E-state index in [1.165, 1.54) is 5.56 Å². The van der Waals surface area contributed by atoms with Crippen LogP contribution >= 0.6 is 11.3 Å². The molecule has 5 heteroatoms. The molecule has 1 amide bonds. The summed E-state index contributed by atoms with van der Waals surface area (Å²) in [4.78, 5) is 15.6. The van der Waals surface area contributed by atoms with Gasteiger partial charge in [-0.05, 0) is 6.92 Å². The Bertz CT molecular complexity index is 548. The molecule has 1 aromatic carbocycles. The van der Waals surface area contributed by atoms with Crippen molar-refractivity contribution in [1.29, 1.82) is 0 Å². The number of hydrogen-bond acceptors (Lipinski definition) is 4. The Balaban J connectivity index is 1.95.